The molecule has 2 fully saturated rings. The van der Waals surface area contributed by atoms with Crippen LogP contribution in [0.5, 0.6) is 11.8 Å². The number of likely N-dealkylation sites (N-methyl/N-ethyl adjacent to an activating group) is 2. The first-order valence-electron chi connectivity index (χ1n) is 17.4. The monoisotopic (exact) mass is 681 g/mol. The molecule has 0 aliphatic carbocycles. The Balaban J connectivity index is 1.09. The van der Waals surface area contributed by atoms with Crippen LogP contribution in [0.2, 0.25) is 0 Å². The van der Waals surface area contributed by atoms with Gasteiger partial charge < -0.3 is 40.1 Å². The number of hydrogen-bond acceptors (Lipinski definition) is 12. The summed E-state index contributed by atoms with van der Waals surface area (Å²) in [4.78, 5) is 19.3. The Labute approximate surface area is 292 Å². The summed E-state index contributed by atoms with van der Waals surface area (Å²) < 4.78 is 16.0. The van der Waals surface area contributed by atoms with Gasteiger partial charge in [0, 0.05) is 77.8 Å². The molecule has 4 aromatic heterocycles. The molecule has 4 N–H and O–H groups in total. The number of aliphatic imine (C=N–C) groups is 2. The smallest absolute Gasteiger partial charge is 0.260 e. The van der Waals surface area contributed by atoms with Crippen molar-refractivity contribution in [2.24, 2.45) is 15.7 Å². The van der Waals surface area contributed by atoms with E-state index in [0.717, 1.165) is 89.3 Å². The summed E-state index contributed by atoms with van der Waals surface area (Å²) in [7, 11) is 4.33. The molecule has 15 nitrogen and oxygen atoms in total. The van der Waals surface area contributed by atoms with Gasteiger partial charge in [-0.25, -0.2) is 19.0 Å². The maximum Gasteiger partial charge on any atom is 0.260 e. The van der Waals surface area contributed by atoms with Crippen LogP contribution in [0.15, 0.2) is 70.5 Å². The van der Waals surface area contributed by atoms with Crippen LogP contribution in [-0.2, 0) is 0 Å². The summed E-state index contributed by atoms with van der Waals surface area (Å²) in [6, 6.07) is 11.6. The van der Waals surface area contributed by atoms with Gasteiger partial charge >= 0.3 is 0 Å². The van der Waals surface area contributed by atoms with Crippen molar-refractivity contribution in [3.8, 4) is 11.8 Å². The molecule has 0 aromatic carbocycles. The Hall–Kier alpha value is -4.83. The third-order valence-electron chi connectivity index (χ3n) is 9.39. The summed E-state index contributed by atoms with van der Waals surface area (Å²) in [5, 5.41) is 21.4. The first-order chi connectivity index (χ1) is 24.4. The van der Waals surface area contributed by atoms with Crippen molar-refractivity contribution >= 4 is 39.8 Å². The van der Waals surface area contributed by atoms with E-state index < -0.39 is 0 Å². The lowest BCUT2D eigenvalue weighted by Gasteiger charge is -2.32. The summed E-state index contributed by atoms with van der Waals surface area (Å²) in [6.45, 7) is 11.6. The van der Waals surface area contributed by atoms with Crippen LogP contribution in [0.3, 0.4) is 0 Å². The van der Waals surface area contributed by atoms with Crippen LogP contribution < -0.4 is 20.5 Å². The van der Waals surface area contributed by atoms with E-state index in [1.807, 2.05) is 48.8 Å². The van der Waals surface area contributed by atoms with Crippen LogP contribution in [0.1, 0.15) is 12.8 Å². The van der Waals surface area contributed by atoms with E-state index in [1.54, 1.807) is 15.1 Å². The molecule has 264 valence electrons. The van der Waals surface area contributed by atoms with E-state index in [9.17, 15) is 0 Å². The average molecular weight is 682 g/mol. The number of amidine groups is 2. The molecule has 15 heteroatoms. The fraction of sp³-hybridized carbons (Fsp3) is 0.457. The SMILES string of the molecule is CN1CCN(CCCOc2nn3ccccc3c2N=C2N=C(Nc3c(OCCCN4CCN(C)CC4)nn4ccccc34)C(=N)C=C2N)CC1. The number of nitrogens with zero attached hydrogens (tertiary/aromatic N) is 10. The number of pyridine rings is 2. The molecule has 3 aliphatic heterocycles. The second-order valence-electron chi connectivity index (χ2n) is 13.1. The highest BCUT2D eigenvalue weighted by atomic mass is 16.5. The third kappa shape index (κ3) is 7.81. The molecule has 0 atom stereocenters. The van der Waals surface area contributed by atoms with E-state index in [-0.39, 0.29) is 23.1 Å². The van der Waals surface area contributed by atoms with Crippen molar-refractivity contribution < 1.29 is 9.47 Å². The molecular weight excluding hydrogens is 634 g/mol. The summed E-state index contributed by atoms with van der Waals surface area (Å²) in [5.41, 5.74) is 9.56. The average Bonchev–Trinajstić information content (AvgIpc) is 3.65. The van der Waals surface area contributed by atoms with Gasteiger partial charge in [-0.15, -0.1) is 10.2 Å². The van der Waals surface area contributed by atoms with Crippen molar-refractivity contribution in [3.63, 3.8) is 0 Å². The van der Waals surface area contributed by atoms with Gasteiger partial charge in [0.15, 0.2) is 17.4 Å². The molecular formula is C35H47N13O2. The number of ether oxygens (including phenoxy) is 2. The number of hydrogen-bond donors (Lipinski definition) is 3. The van der Waals surface area contributed by atoms with E-state index in [1.165, 1.54) is 0 Å². The summed E-state index contributed by atoms with van der Waals surface area (Å²) >= 11 is 0. The molecule has 4 aromatic rings. The number of nitrogens with one attached hydrogen (secondary N) is 2. The van der Waals surface area contributed by atoms with Crippen molar-refractivity contribution in [1.29, 1.82) is 5.41 Å². The lowest BCUT2D eigenvalue weighted by Crippen LogP contribution is -2.44. The second kappa shape index (κ2) is 15.4. The Kier molecular flexibility index (Phi) is 10.3. The van der Waals surface area contributed by atoms with Gasteiger partial charge in [-0.3, -0.25) is 5.41 Å². The minimum Gasteiger partial charge on any atom is -0.475 e. The second-order valence-corrected chi connectivity index (χ2v) is 13.1. The van der Waals surface area contributed by atoms with E-state index in [2.05, 4.69) is 49.2 Å². The molecule has 7 rings (SSSR count). The first kappa shape index (κ1) is 33.7. The fourth-order valence-electron chi connectivity index (χ4n) is 6.35. The molecule has 0 bridgehead atoms. The Morgan fingerprint density at radius 1 is 0.780 bits per heavy atom. The predicted molar refractivity (Wildman–Crippen MR) is 197 cm³/mol. The number of rotatable bonds is 12. The van der Waals surface area contributed by atoms with Gasteiger partial charge in [-0.1, -0.05) is 12.1 Å². The number of fused-ring (bicyclic) bond motifs is 2. The molecule has 2 saturated heterocycles. The zero-order valence-corrected chi connectivity index (χ0v) is 29.0. The summed E-state index contributed by atoms with van der Waals surface area (Å²) in [6.07, 6.45) is 7.04. The van der Waals surface area contributed by atoms with Gasteiger partial charge in [0.25, 0.3) is 11.8 Å². The number of piperazine rings is 2. The lowest BCUT2D eigenvalue weighted by molar-refractivity contribution is 0.145. The van der Waals surface area contributed by atoms with Gasteiger partial charge in [-0.2, -0.15) is 0 Å². The minimum absolute atomic E-state index is 0.123. The van der Waals surface area contributed by atoms with E-state index >= 15 is 0 Å². The van der Waals surface area contributed by atoms with Crippen molar-refractivity contribution in [2.75, 3.05) is 98.1 Å². The van der Waals surface area contributed by atoms with Crippen LogP contribution in [0, 0.1) is 5.41 Å². The molecule has 3 aliphatic rings. The zero-order valence-electron chi connectivity index (χ0n) is 29.0. The van der Waals surface area contributed by atoms with Crippen LogP contribution in [0.25, 0.3) is 11.0 Å². The van der Waals surface area contributed by atoms with Crippen molar-refractivity contribution in [3.05, 3.63) is 60.6 Å². The molecule has 50 heavy (non-hydrogen) atoms. The number of dihydropyridines is 1. The highest BCUT2D eigenvalue weighted by Gasteiger charge is 2.23. The highest BCUT2D eigenvalue weighted by Crippen LogP contribution is 2.33. The predicted octanol–water partition coefficient (Wildman–Crippen LogP) is 2.43. The highest BCUT2D eigenvalue weighted by molar-refractivity contribution is 6.52. The molecule has 0 spiro atoms. The van der Waals surface area contributed by atoms with Crippen molar-refractivity contribution in [1.82, 2.24) is 38.8 Å². The van der Waals surface area contributed by atoms with E-state index in [4.69, 9.17) is 30.6 Å². The molecule has 0 radical (unpaired) electrons. The molecule has 0 unspecified atom stereocenters. The number of nitrogens with two attached hydrogens (primary N) is 1. The summed E-state index contributed by atoms with van der Waals surface area (Å²) in [5.74, 6) is 1.40. The molecule has 0 saturated carbocycles. The van der Waals surface area contributed by atoms with Crippen LogP contribution >= 0.6 is 0 Å². The Morgan fingerprint density at radius 2 is 1.34 bits per heavy atom. The van der Waals surface area contributed by atoms with Gasteiger partial charge in [0.05, 0.1) is 35.7 Å². The first-order valence-corrected chi connectivity index (χ1v) is 17.4. The maximum absolute atomic E-state index is 8.74. The zero-order chi connectivity index (χ0) is 34.5. The quantitative estimate of drug-likeness (QED) is 0.190. The van der Waals surface area contributed by atoms with Gasteiger partial charge in [0.2, 0.25) is 0 Å². The minimum atomic E-state index is 0.123. The maximum atomic E-state index is 8.74. The normalized spacial score (nSPS) is 19.3. The molecule has 0 amide bonds. The topological polar surface area (TPSA) is 153 Å². The van der Waals surface area contributed by atoms with E-state index in [0.29, 0.717) is 36.3 Å². The van der Waals surface area contributed by atoms with Crippen LogP contribution in [-0.4, -0.2) is 149 Å². The number of aromatic nitrogens is 4. The lowest BCUT2D eigenvalue weighted by atomic mass is 10.2. The Bertz CT molecular complexity index is 1890. The Morgan fingerprint density at radius 3 is 1.98 bits per heavy atom. The largest absolute Gasteiger partial charge is 0.475 e. The molecule has 7 heterocycles. The van der Waals surface area contributed by atoms with Gasteiger partial charge in [-0.05, 0) is 57.3 Å². The van der Waals surface area contributed by atoms with Crippen LogP contribution in [0.4, 0.5) is 11.4 Å². The van der Waals surface area contributed by atoms with Gasteiger partial charge in [0.1, 0.15) is 5.69 Å². The fourth-order valence-corrected chi connectivity index (χ4v) is 6.35. The van der Waals surface area contributed by atoms with Crippen molar-refractivity contribution in [2.45, 2.75) is 12.8 Å². The standard InChI is InChI=1S/C35H47N13O2/c1-43-15-19-45(20-16-43)11-7-23-49-34-30(28-9-3-5-13-47(28)41-34)38-32-26(36)25-27(37)33(40-32)39-31-29-10-4-6-14-48(29)42-35(31)50-24-8-12-46-21-17-44(2)18-22-46/h3-6,9-10,13-14,25,36H,7-8,11-12,15-24,37H2,1-2H3,(H,38,39,40). The number of anilines is 1. The third-order valence-corrected chi connectivity index (χ3v) is 9.39.